The molecule has 0 aliphatic carbocycles. The van der Waals surface area contributed by atoms with Crippen LogP contribution in [-0.2, 0) is 0 Å². The van der Waals surface area contributed by atoms with Crippen LogP contribution in [0.15, 0.2) is 18.2 Å². The van der Waals surface area contributed by atoms with E-state index in [0.29, 0.717) is 5.56 Å². The van der Waals surface area contributed by atoms with Gasteiger partial charge in [0.2, 0.25) is 0 Å². The number of aliphatic hydroxyl groups is 1. The van der Waals surface area contributed by atoms with Crippen LogP contribution in [0.4, 0.5) is 0 Å². The summed E-state index contributed by atoms with van der Waals surface area (Å²) >= 11 is 0. The molecule has 0 aromatic heterocycles. The molecule has 1 aromatic carbocycles. The summed E-state index contributed by atoms with van der Waals surface area (Å²) in [6.45, 7) is 10.1. The molecule has 1 N–H and O–H groups in total. The molecule has 114 valence electrons. The predicted molar refractivity (Wildman–Crippen MR) is 86.2 cm³/mol. The second-order valence-corrected chi connectivity index (χ2v) is 6.40. The lowest BCUT2D eigenvalue weighted by molar-refractivity contribution is 0.0628. The predicted octanol–water partition coefficient (Wildman–Crippen LogP) is 2.85. The number of benzene rings is 1. The monoisotopic (exact) mass is 287 g/mol. The van der Waals surface area contributed by atoms with Crippen LogP contribution < -0.4 is 0 Å². The molecule has 0 spiro atoms. The van der Waals surface area contributed by atoms with Gasteiger partial charge in [0, 0.05) is 24.2 Å². The highest BCUT2D eigenvalue weighted by Gasteiger charge is 2.28. The van der Waals surface area contributed by atoms with E-state index in [1.165, 1.54) is 0 Å². The molecular formula is C18H25NO2. The minimum atomic E-state index is -0.182. The van der Waals surface area contributed by atoms with Crippen LogP contribution in [0.3, 0.4) is 0 Å². The Bertz CT molecular complexity index is 573. The molecule has 0 saturated carbocycles. The fourth-order valence-corrected chi connectivity index (χ4v) is 2.08. The Morgan fingerprint density at radius 3 is 2.52 bits per heavy atom. The molecule has 1 atom stereocenters. The molecule has 1 rings (SSSR count). The smallest absolute Gasteiger partial charge is 0.254 e. The van der Waals surface area contributed by atoms with Crippen LogP contribution in [0.1, 0.15) is 49.2 Å². The first kappa shape index (κ1) is 17.3. The van der Waals surface area contributed by atoms with Crippen molar-refractivity contribution < 1.29 is 9.90 Å². The average Bonchev–Trinajstić information content (AvgIpc) is 2.43. The lowest BCUT2D eigenvalue weighted by Gasteiger charge is -2.35. The Morgan fingerprint density at radius 2 is 2.00 bits per heavy atom. The Hall–Kier alpha value is -1.79. The molecule has 21 heavy (non-hydrogen) atoms. The maximum atomic E-state index is 12.7. The van der Waals surface area contributed by atoms with Crippen LogP contribution in [0.25, 0.3) is 0 Å². The maximum Gasteiger partial charge on any atom is 0.254 e. The van der Waals surface area contributed by atoms with Gasteiger partial charge < -0.3 is 10.0 Å². The summed E-state index contributed by atoms with van der Waals surface area (Å²) < 4.78 is 0. The molecule has 0 aliphatic rings. The molecule has 0 bridgehead atoms. The first-order valence-corrected chi connectivity index (χ1v) is 7.16. The lowest BCUT2D eigenvalue weighted by atomic mass is 9.86. The fraction of sp³-hybridized carbons (Fsp3) is 0.500. The van der Waals surface area contributed by atoms with Gasteiger partial charge in [0.25, 0.3) is 5.91 Å². The van der Waals surface area contributed by atoms with Gasteiger partial charge >= 0.3 is 0 Å². The van der Waals surface area contributed by atoms with Crippen LogP contribution >= 0.6 is 0 Å². The van der Waals surface area contributed by atoms with E-state index < -0.39 is 0 Å². The average molecular weight is 287 g/mol. The second kappa shape index (κ2) is 6.78. The lowest BCUT2D eigenvalue weighted by Crippen LogP contribution is -2.43. The topological polar surface area (TPSA) is 40.5 Å². The second-order valence-electron chi connectivity index (χ2n) is 6.40. The molecule has 1 unspecified atom stereocenters. The number of carbonyl (C=O) groups excluding carboxylic acids is 1. The number of aliphatic hydroxyl groups excluding tert-OH is 1. The van der Waals surface area contributed by atoms with Crippen molar-refractivity contribution in [2.45, 2.75) is 40.7 Å². The van der Waals surface area contributed by atoms with Crippen molar-refractivity contribution in [1.29, 1.82) is 0 Å². The summed E-state index contributed by atoms with van der Waals surface area (Å²) in [5, 5.41) is 8.80. The first-order valence-electron chi connectivity index (χ1n) is 7.16. The van der Waals surface area contributed by atoms with Gasteiger partial charge in [-0.25, -0.2) is 0 Å². The van der Waals surface area contributed by atoms with Crippen molar-refractivity contribution in [3.8, 4) is 11.8 Å². The Labute approximate surface area is 128 Å². The summed E-state index contributed by atoms with van der Waals surface area (Å²) in [7, 11) is 1.84. The van der Waals surface area contributed by atoms with E-state index in [1.807, 2.05) is 32.2 Å². The van der Waals surface area contributed by atoms with Crippen molar-refractivity contribution in [2.24, 2.45) is 5.41 Å². The number of hydrogen-bond acceptors (Lipinski definition) is 2. The minimum Gasteiger partial charge on any atom is -0.384 e. The number of rotatable bonds is 2. The summed E-state index contributed by atoms with van der Waals surface area (Å²) in [5.41, 5.74) is 2.33. The van der Waals surface area contributed by atoms with Crippen molar-refractivity contribution >= 4 is 5.91 Å². The van der Waals surface area contributed by atoms with Crippen LogP contribution in [-0.4, -0.2) is 35.6 Å². The maximum absolute atomic E-state index is 12.7. The molecule has 3 nitrogen and oxygen atoms in total. The molecule has 0 fully saturated rings. The summed E-state index contributed by atoms with van der Waals surface area (Å²) in [4.78, 5) is 14.5. The van der Waals surface area contributed by atoms with Gasteiger partial charge in [-0.15, -0.1) is 0 Å². The SMILES string of the molecule is Cc1c(C#CCO)cccc1C(=O)N(C)C(C)C(C)(C)C. The zero-order valence-corrected chi connectivity index (χ0v) is 13.8. The fourth-order valence-electron chi connectivity index (χ4n) is 2.08. The van der Waals surface area contributed by atoms with E-state index in [1.54, 1.807) is 4.90 Å². The van der Waals surface area contributed by atoms with Gasteiger partial charge in [0.1, 0.15) is 6.61 Å². The number of amides is 1. The largest absolute Gasteiger partial charge is 0.384 e. The van der Waals surface area contributed by atoms with E-state index in [4.69, 9.17) is 5.11 Å². The van der Waals surface area contributed by atoms with Gasteiger partial charge in [0.05, 0.1) is 0 Å². The van der Waals surface area contributed by atoms with E-state index in [9.17, 15) is 4.79 Å². The normalized spacial score (nSPS) is 12.3. The van der Waals surface area contributed by atoms with Crippen molar-refractivity contribution in [2.75, 3.05) is 13.7 Å². The zero-order chi connectivity index (χ0) is 16.2. The minimum absolute atomic E-state index is 0.00238. The Balaban J connectivity index is 3.14. The highest BCUT2D eigenvalue weighted by molar-refractivity contribution is 5.96. The Kier molecular flexibility index (Phi) is 5.57. The molecule has 0 aliphatic heterocycles. The molecule has 1 aromatic rings. The number of carbonyl (C=O) groups is 1. The Morgan fingerprint density at radius 1 is 1.38 bits per heavy atom. The third kappa shape index (κ3) is 4.09. The number of nitrogens with zero attached hydrogens (tertiary/aromatic N) is 1. The van der Waals surface area contributed by atoms with Gasteiger partial charge in [0.15, 0.2) is 0 Å². The van der Waals surface area contributed by atoms with E-state index in [0.717, 1.165) is 11.1 Å². The quantitative estimate of drug-likeness (QED) is 0.850. The third-order valence-corrected chi connectivity index (χ3v) is 4.02. The molecule has 0 heterocycles. The molecule has 0 radical (unpaired) electrons. The van der Waals surface area contributed by atoms with Crippen LogP contribution in [0.5, 0.6) is 0 Å². The van der Waals surface area contributed by atoms with Gasteiger partial charge in [-0.1, -0.05) is 38.7 Å². The van der Waals surface area contributed by atoms with Gasteiger partial charge in [-0.05, 0) is 37.0 Å². The molecule has 0 saturated heterocycles. The van der Waals surface area contributed by atoms with Gasteiger partial charge in [-0.3, -0.25) is 4.79 Å². The van der Waals surface area contributed by atoms with Crippen LogP contribution in [0.2, 0.25) is 0 Å². The van der Waals surface area contributed by atoms with Crippen molar-refractivity contribution in [3.05, 3.63) is 34.9 Å². The standard InChI is InChI=1S/C18H25NO2/c1-13-15(10-8-12-20)9-7-11-16(13)17(21)19(6)14(2)18(3,4)5/h7,9,11,14,20H,12H2,1-6H3. The first-order chi connectivity index (χ1) is 9.70. The molecular weight excluding hydrogens is 262 g/mol. The van der Waals surface area contributed by atoms with Crippen molar-refractivity contribution in [1.82, 2.24) is 4.90 Å². The van der Waals surface area contributed by atoms with E-state index in [2.05, 4.69) is 39.5 Å². The highest BCUT2D eigenvalue weighted by atomic mass is 16.2. The highest BCUT2D eigenvalue weighted by Crippen LogP contribution is 2.25. The summed E-state index contributed by atoms with van der Waals surface area (Å²) in [6.07, 6.45) is 0. The van der Waals surface area contributed by atoms with E-state index in [-0.39, 0.29) is 24.0 Å². The van der Waals surface area contributed by atoms with E-state index >= 15 is 0 Å². The third-order valence-electron chi connectivity index (χ3n) is 4.02. The van der Waals surface area contributed by atoms with Crippen LogP contribution in [0, 0.1) is 24.2 Å². The zero-order valence-electron chi connectivity index (χ0n) is 13.8. The number of hydrogen-bond donors (Lipinski definition) is 1. The molecule has 3 heteroatoms. The summed E-state index contributed by atoms with van der Waals surface area (Å²) in [6, 6.07) is 5.64. The van der Waals surface area contributed by atoms with Crippen molar-refractivity contribution in [3.63, 3.8) is 0 Å². The van der Waals surface area contributed by atoms with Gasteiger partial charge in [-0.2, -0.15) is 0 Å². The summed E-state index contributed by atoms with van der Waals surface area (Å²) in [5.74, 6) is 5.52. The molecule has 1 amide bonds.